The van der Waals surface area contributed by atoms with Crippen molar-refractivity contribution in [3.8, 4) is 0 Å². The summed E-state index contributed by atoms with van der Waals surface area (Å²) in [5.74, 6) is 2.06. The van der Waals surface area contributed by atoms with Gasteiger partial charge in [0.05, 0.1) is 12.4 Å². The lowest BCUT2D eigenvalue weighted by atomic mass is 10.0. The van der Waals surface area contributed by atoms with Gasteiger partial charge in [0.25, 0.3) is 0 Å². The van der Waals surface area contributed by atoms with Gasteiger partial charge in [-0.1, -0.05) is 20.3 Å². The number of hydrogen-bond donors (Lipinski definition) is 3. The van der Waals surface area contributed by atoms with Crippen molar-refractivity contribution in [2.75, 3.05) is 30.3 Å². The molecule has 0 bridgehead atoms. The topological polar surface area (TPSA) is 70.1 Å². The monoisotopic (exact) mass is 252 g/mol. The molecule has 0 amide bonds. The van der Waals surface area contributed by atoms with Crippen molar-refractivity contribution in [3.05, 3.63) is 12.4 Å². The highest BCUT2D eigenvalue weighted by Crippen LogP contribution is 2.11. The highest BCUT2D eigenvalue weighted by molar-refractivity contribution is 5.41. The van der Waals surface area contributed by atoms with Crippen molar-refractivity contribution in [1.29, 1.82) is 0 Å². The molecule has 0 saturated carbocycles. The van der Waals surface area contributed by atoms with Crippen LogP contribution in [0.25, 0.3) is 0 Å². The first-order chi connectivity index (χ1) is 8.80. The van der Waals surface area contributed by atoms with Crippen LogP contribution in [0.4, 0.5) is 11.6 Å². The average Bonchev–Trinajstić information content (AvgIpc) is 2.41. The molecule has 1 unspecified atom stereocenters. The second-order valence-corrected chi connectivity index (χ2v) is 4.38. The number of rotatable bonds is 9. The van der Waals surface area contributed by atoms with Gasteiger partial charge in [-0.15, -0.1) is 0 Å². The molecule has 0 spiro atoms. The molecular weight excluding hydrogens is 228 g/mol. The second kappa shape index (κ2) is 8.69. The molecule has 0 fully saturated rings. The number of anilines is 2. The van der Waals surface area contributed by atoms with Crippen LogP contribution in [0.3, 0.4) is 0 Å². The highest BCUT2D eigenvalue weighted by Gasteiger charge is 2.06. The third-order valence-electron chi connectivity index (χ3n) is 2.88. The predicted molar refractivity (Wildman–Crippen MR) is 74.8 cm³/mol. The highest BCUT2D eigenvalue weighted by atomic mass is 16.3. The molecule has 102 valence electrons. The Kier molecular flexibility index (Phi) is 7.10. The van der Waals surface area contributed by atoms with Gasteiger partial charge < -0.3 is 15.7 Å². The summed E-state index contributed by atoms with van der Waals surface area (Å²) in [7, 11) is 0. The first-order valence-corrected chi connectivity index (χ1v) is 6.70. The third-order valence-corrected chi connectivity index (χ3v) is 2.88. The summed E-state index contributed by atoms with van der Waals surface area (Å²) in [4.78, 5) is 8.58. The maximum atomic E-state index is 8.94. The Morgan fingerprint density at radius 3 is 2.56 bits per heavy atom. The number of aromatic nitrogens is 2. The summed E-state index contributed by atoms with van der Waals surface area (Å²) in [6.45, 7) is 6.21. The van der Waals surface area contributed by atoms with Crippen LogP contribution in [0.5, 0.6) is 0 Å². The smallest absolute Gasteiger partial charge is 0.146 e. The molecule has 18 heavy (non-hydrogen) atoms. The van der Waals surface area contributed by atoms with Crippen LogP contribution in [0.15, 0.2) is 12.4 Å². The van der Waals surface area contributed by atoms with E-state index in [1.807, 2.05) is 0 Å². The van der Waals surface area contributed by atoms with E-state index in [1.54, 1.807) is 12.4 Å². The van der Waals surface area contributed by atoms with Crippen molar-refractivity contribution in [3.63, 3.8) is 0 Å². The Bertz CT molecular complexity index is 333. The van der Waals surface area contributed by atoms with Gasteiger partial charge in [-0.05, 0) is 18.8 Å². The minimum absolute atomic E-state index is 0.240. The molecule has 0 saturated heterocycles. The Hall–Kier alpha value is -1.36. The number of hydrogen-bond acceptors (Lipinski definition) is 5. The Labute approximate surface area is 109 Å². The molecule has 0 aliphatic carbocycles. The SMILES string of the molecule is CCCNc1cncc(NCC(CC)CCO)n1. The van der Waals surface area contributed by atoms with E-state index in [0.29, 0.717) is 5.92 Å². The largest absolute Gasteiger partial charge is 0.396 e. The van der Waals surface area contributed by atoms with Gasteiger partial charge in [0.2, 0.25) is 0 Å². The number of aliphatic hydroxyl groups excluding tert-OH is 1. The van der Waals surface area contributed by atoms with E-state index in [9.17, 15) is 0 Å². The molecule has 0 aliphatic rings. The number of nitrogens with zero attached hydrogens (tertiary/aromatic N) is 2. The van der Waals surface area contributed by atoms with Crippen LogP contribution in [0.1, 0.15) is 33.1 Å². The van der Waals surface area contributed by atoms with Crippen molar-refractivity contribution in [2.45, 2.75) is 33.1 Å². The molecular formula is C13H24N4O. The van der Waals surface area contributed by atoms with Gasteiger partial charge in [-0.25, -0.2) is 4.98 Å². The van der Waals surface area contributed by atoms with Gasteiger partial charge in [-0.2, -0.15) is 0 Å². The minimum atomic E-state index is 0.240. The lowest BCUT2D eigenvalue weighted by Gasteiger charge is -2.15. The van der Waals surface area contributed by atoms with Crippen molar-refractivity contribution in [1.82, 2.24) is 9.97 Å². The molecule has 5 nitrogen and oxygen atoms in total. The van der Waals surface area contributed by atoms with Gasteiger partial charge in [0.15, 0.2) is 0 Å². The molecule has 0 aromatic carbocycles. The zero-order valence-corrected chi connectivity index (χ0v) is 11.3. The summed E-state index contributed by atoms with van der Waals surface area (Å²) < 4.78 is 0. The zero-order valence-electron chi connectivity index (χ0n) is 11.3. The maximum absolute atomic E-state index is 8.94. The predicted octanol–water partition coefficient (Wildman–Crippen LogP) is 2.12. The van der Waals surface area contributed by atoms with E-state index in [1.165, 1.54) is 0 Å². The van der Waals surface area contributed by atoms with Gasteiger partial charge in [0, 0.05) is 19.7 Å². The summed E-state index contributed by atoms with van der Waals surface area (Å²) in [6, 6.07) is 0. The summed E-state index contributed by atoms with van der Waals surface area (Å²) in [5, 5.41) is 15.4. The van der Waals surface area contributed by atoms with E-state index in [-0.39, 0.29) is 6.61 Å². The lowest BCUT2D eigenvalue weighted by Crippen LogP contribution is -2.16. The lowest BCUT2D eigenvalue weighted by molar-refractivity contribution is 0.258. The number of nitrogens with one attached hydrogen (secondary N) is 2. The van der Waals surface area contributed by atoms with E-state index >= 15 is 0 Å². The Balaban J connectivity index is 2.45. The number of aliphatic hydroxyl groups is 1. The third kappa shape index (κ3) is 5.31. The first-order valence-electron chi connectivity index (χ1n) is 6.70. The standard InChI is InChI=1S/C13H24N4O/c1-3-6-15-12-9-14-10-13(17-12)16-8-11(4-2)5-7-18/h9-11,18H,3-8H2,1-2H3,(H2,15,16,17). The summed E-state index contributed by atoms with van der Waals surface area (Å²) in [5.41, 5.74) is 0. The fraction of sp³-hybridized carbons (Fsp3) is 0.692. The van der Waals surface area contributed by atoms with Crippen LogP contribution in [0, 0.1) is 5.92 Å². The van der Waals surface area contributed by atoms with E-state index in [0.717, 1.165) is 44.0 Å². The normalized spacial score (nSPS) is 12.2. The van der Waals surface area contributed by atoms with E-state index in [2.05, 4.69) is 34.4 Å². The molecule has 5 heteroatoms. The Morgan fingerprint density at radius 1 is 1.22 bits per heavy atom. The van der Waals surface area contributed by atoms with Gasteiger partial charge in [0.1, 0.15) is 11.6 Å². The minimum Gasteiger partial charge on any atom is -0.396 e. The fourth-order valence-electron chi connectivity index (χ4n) is 1.67. The molecule has 0 radical (unpaired) electrons. The second-order valence-electron chi connectivity index (χ2n) is 4.38. The molecule has 1 rings (SSSR count). The fourth-order valence-corrected chi connectivity index (χ4v) is 1.67. The molecule has 1 aromatic heterocycles. The van der Waals surface area contributed by atoms with E-state index < -0.39 is 0 Å². The Morgan fingerprint density at radius 2 is 1.94 bits per heavy atom. The van der Waals surface area contributed by atoms with Crippen LogP contribution < -0.4 is 10.6 Å². The summed E-state index contributed by atoms with van der Waals surface area (Å²) >= 11 is 0. The molecule has 0 aliphatic heterocycles. The van der Waals surface area contributed by atoms with Crippen molar-refractivity contribution >= 4 is 11.6 Å². The molecule has 1 heterocycles. The van der Waals surface area contributed by atoms with Crippen LogP contribution in [-0.4, -0.2) is 34.8 Å². The molecule has 1 atom stereocenters. The molecule has 3 N–H and O–H groups in total. The van der Waals surface area contributed by atoms with Crippen LogP contribution in [0.2, 0.25) is 0 Å². The molecule has 1 aromatic rings. The quantitative estimate of drug-likeness (QED) is 0.628. The van der Waals surface area contributed by atoms with Crippen molar-refractivity contribution in [2.24, 2.45) is 5.92 Å². The van der Waals surface area contributed by atoms with Crippen LogP contribution >= 0.6 is 0 Å². The van der Waals surface area contributed by atoms with Crippen LogP contribution in [-0.2, 0) is 0 Å². The first kappa shape index (κ1) is 14.7. The zero-order chi connectivity index (χ0) is 13.2. The average molecular weight is 252 g/mol. The van der Waals surface area contributed by atoms with E-state index in [4.69, 9.17) is 5.11 Å². The van der Waals surface area contributed by atoms with Gasteiger partial charge in [-0.3, -0.25) is 4.98 Å². The maximum Gasteiger partial charge on any atom is 0.146 e. The van der Waals surface area contributed by atoms with Gasteiger partial charge >= 0.3 is 0 Å². The summed E-state index contributed by atoms with van der Waals surface area (Å²) in [6.07, 6.45) is 6.39. The van der Waals surface area contributed by atoms with Crippen molar-refractivity contribution < 1.29 is 5.11 Å².